The van der Waals surface area contributed by atoms with Crippen LogP contribution in [0.25, 0.3) is 0 Å². The van der Waals surface area contributed by atoms with Crippen LogP contribution in [0.4, 0.5) is 10.1 Å². The van der Waals surface area contributed by atoms with Gasteiger partial charge in [0.25, 0.3) is 0 Å². The fraction of sp³-hybridized carbons (Fsp3) is 0.364. The number of hydrogen-bond acceptors (Lipinski definition) is 2. The number of hydrogen-bond donors (Lipinski definition) is 2. The van der Waals surface area contributed by atoms with Crippen molar-refractivity contribution in [3.63, 3.8) is 0 Å². The fourth-order valence-electron chi connectivity index (χ4n) is 1.37. The van der Waals surface area contributed by atoms with Crippen molar-refractivity contribution in [3.05, 3.63) is 29.6 Å². The Kier molecular flexibility index (Phi) is 2.58. The molecule has 0 atom stereocenters. The van der Waals surface area contributed by atoms with Gasteiger partial charge in [-0.05, 0) is 37.0 Å². The summed E-state index contributed by atoms with van der Waals surface area (Å²) in [5.74, 6) is -0.957. The molecule has 0 heterocycles. The minimum absolute atomic E-state index is 0.0236. The third-order valence-corrected chi connectivity index (χ3v) is 2.49. The lowest BCUT2D eigenvalue weighted by Gasteiger charge is -2.06. The number of benzene rings is 1. The van der Waals surface area contributed by atoms with Gasteiger partial charge in [0.1, 0.15) is 5.82 Å². The number of carbonyl (C=O) groups is 1. The van der Waals surface area contributed by atoms with Gasteiger partial charge >= 0.3 is 5.97 Å². The van der Waals surface area contributed by atoms with Crippen molar-refractivity contribution < 1.29 is 14.3 Å². The fourth-order valence-corrected chi connectivity index (χ4v) is 1.37. The Morgan fingerprint density at radius 3 is 2.80 bits per heavy atom. The van der Waals surface area contributed by atoms with Gasteiger partial charge in [0, 0.05) is 6.54 Å². The smallest absolute Gasteiger partial charge is 0.335 e. The zero-order chi connectivity index (χ0) is 10.8. The minimum atomic E-state index is -1.11. The average Bonchev–Trinajstić information content (AvgIpc) is 2.99. The summed E-state index contributed by atoms with van der Waals surface area (Å²) in [5.41, 5.74) is 0.358. The molecule has 0 unspecified atom stereocenters. The molecule has 0 aliphatic heterocycles. The summed E-state index contributed by atoms with van der Waals surface area (Å²) in [6.45, 7) is 0.767. The Morgan fingerprint density at radius 1 is 1.53 bits per heavy atom. The summed E-state index contributed by atoms with van der Waals surface area (Å²) in [7, 11) is 0. The Morgan fingerprint density at radius 2 is 2.27 bits per heavy atom. The Hall–Kier alpha value is -1.58. The van der Waals surface area contributed by atoms with Gasteiger partial charge in [-0.1, -0.05) is 0 Å². The first-order chi connectivity index (χ1) is 7.16. The van der Waals surface area contributed by atoms with E-state index in [1.54, 1.807) is 0 Å². The molecule has 1 aromatic carbocycles. The second-order valence-electron chi connectivity index (χ2n) is 3.82. The molecule has 0 saturated heterocycles. The van der Waals surface area contributed by atoms with Crippen LogP contribution >= 0.6 is 0 Å². The van der Waals surface area contributed by atoms with Gasteiger partial charge in [0.2, 0.25) is 0 Å². The number of aromatic carboxylic acids is 1. The van der Waals surface area contributed by atoms with Gasteiger partial charge in [0.05, 0.1) is 11.3 Å². The molecule has 80 valence electrons. The quantitative estimate of drug-likeness (QED) is 0.800. The van der Waals surface area contributed by atoms with E-state index in [1.165, 1.54) is 25.0 Å². The standard InChI is InChI=1S/C11H12FNO2/c12-9-5-8(11(14)15)3-4-10(9)13-6-7-1-2-7/h3-5,7,13H,1-2,6H2,(H,14,15). The van der Waals surface area contributed by atoms with Crippen LogP contribution in [0.2, 0.25) is 0 Å². The maximum Gasteiger partial charge on any atom is 0.335 e. The number of rotatable bonds is 4. The average molecular weight is 209 g/mol. The van der Waals surface area contributed by atoms with Crippen molar-refractivity contribution in [2.45, 2.75) is 12.8 Å². The lowest BCUT2D eigenvalue weighted by Crippen LogP contribution is -2.06. The van der Waals surface area contributed by atoms with Crippen molar-refractivity contribution >= 4 is 11.7 Å². The SMILES string of the molecule is O=C(O)c1ccc(NCC2CC2)c(F)c1. The first-order valence-corrected chi connectivity index (χ1v) is 4.93. The number of halogens is 1. The van der Waals surface area contributed by atoms with Crippen molar-refractivity contribution in [1.29, 1.82) is 0 Å². The minimum Gasteiger partial charge on any atom is -0.478 e. The Balaban J connectivity index is 2.07. The summed E-state index contributed by atoms with van der Waals surface area (Å²) in [6, 6.07) is 3.92. The molecule has 2 rings (SSSR count). The summed E-state index contributed by atoms with van der Waals surface area (Å²) in [5, 5.41) is 11.6. The molecular weight excluding hydrogens is 197 g/mol. The highest BCUT2D eigenvalue weighted by Crippen LogP contribution is 2.29. The van der Waals surface area contributed by atoms with Crippen LogP contribution in [0.3, 0.4) is 0 Å². The maximum atomic E-state index is 13.4. The first-order valence-electron chi connectivity index (χ1n) is 4.93. The second-order valence-corrected chi connectivity index (χ2v) is 3.82. The molecule has 0 aromatic heterocycles. The highest BCUT2D eigenvalue weighted by atomic mass is 19.1. The molecule has 1 aliphatic carbocycles. The van der Waals surface area contributed by atoms with E-state index in [9.17, 15) is 9.18 Å². The van der Waals surface area contributed by atoms with Gasteiger partial charge in [0.15, 0.2) is 0 Å². The summed E-state index contributed by atoms with van der Waals surface area (Å²) in [6.07, 6.45) is 2.39. The molecule has 1 aromatic rings. The normalized spacial score (nSPS) is 15.0. The van der Waals surface area contributed by atoms with Crippen molar-refractivity contribution in [1.82, 2.24) is 0 Å². The molecule has 0 bridgehead atoms. The number of nitrogens with one attached hydrogen (secondary N) is 1. The van der Waals surface area contributed by atoms with E-state index in [2.05, 4.69) is 5.32 Å². The van der Waals surface area contributed by atoms with Crippen LogP contribution in [0.5, 0.6) is 0 Å². The molecule has 3 nitrogen and oxygen atoms in total. The molecule has 4 heteroatoms. The van der Waals surface area contributed by atoms with Gasteiger partial charge in [-0.3, -0.25) is 0 Å². The predicted octanol–water partition coefficient (Wildman–Crippen LogP) is 2.35. The van der Waals surface area contributed by atoms with Crippen LogP contribution in [-0.4, -0.2) is 17.6 Å². The zero-order valence-corrected chi connectivity index (χ0v) is 8.16. The van der Waals surface area contributed by atoms with Crippen molar-refractivity contribution in [2.75, 3.05) is 11.9 Å². The maximum absolute atomic E-state index is 13.4. The molecule has 0 amide bonds. The van der Waals surface area contributed by atoms with Crippen LogP contribution in [0, 0.1) is 11.7 Å². The molecule has 1 aliphatic rings. The first kappa shape index (κ1) is 9.96. The van der Waals surface area contributed by atoms with E-state index in [-0.39, 0.29) is 5.56 Å². The van der Waals surface area contributed by atoms with E-state index in [0.717, 1.165) is 12.6 Å². The molecule has 1 saturated carbocycles. The van der Waals surface area contributed by atoms with E-state index in [0.29, 0.717) is 11.6 Å². The molecule has 0 spiro atoms. The number of carboxylic acids is 1. The molecule has 15 heavy (non-hydrogen) atoms. The van der Waals surface area contributed by atoms with E-state index in [4.69, 9.17) is 5.11 Å². The topological polar surface area (TPSA) is 49.3 Å². The third-order valence-electron chi connectivity index (χ3n) is 2.49. The van der Waals surface area contributed by atoms with E-state index >= 15 is 0 Å². The van der Waals surface area contributed by atoms with Crippen molar-refractivity contribution in [3.8, 4) is 0 Å². The zero-order valence-electron chi connectivity index (χ0n) is 8.16. The van der Waals surface area contributed by atoms with Crippen LogP contribution in [0.15, 0.2) is 18.2 Å². The molecular formula is C11H12FNO2. The van der Waals surface area contributed by atoms with Gasteiger partial charge in [-0.25, -0.2) is 9.18 Å². The Labute approximate surface area is 86.9 Å². The van der Waals surface area contributed by atoms with E-state index < -0.39 is 11.8 Å². The van der Waals surface area contributed by atoms with Crippen LogP contribution in [0.1, 0.15) is 23.2 Å². The highest BCUT2D eigenvalue weighted by molar-refractivity contribution is 5.88. The summed E-state index contributed by atoms with van der Waals surface area (Å²) in [4.78, 5) is 10.6. The molecule has 0 radical (unpaired) electrons. The lowest BCUT2D eigenvalue weighted by molar-refractivity contribution is 0.0696. The third kappa shape index (κ3) is 2.46. The Bertz CT molecular complexity index is 388. The molecule has 1 fully saturated rings. The lowest BCUT2D eigenvalue weighted by atomic mass is 10.2. The number of carboxylic acid groups (broad SMARTS) is 1. The van der Waals surface area contributed by atoms with E-state index in [1.807, 2.05) is 0 Å². The van der Waals surface area contributed by atoms with Gasteiger partial charge in [-0.2, -0.15) is 0 Å². The highest BCUT2D eigenvalue weighted by Gasteiger charge is 2.21. The van der Waals surface area contributed by atoms with Gasteiger partial charge in [-0.15, -0.1) is 0 Å². The number of anilines is 1. The monoisotopic (exact) mass is 209 g/mol. The van der Waals surface area contributed by atoms with Crippen molar-refractivity contribution in [2.24, 2.45) is 5.92 Å². The van der Waals surface area contributed by atoms with Crippen LogP contribution in [-0.2, 0) is 0 Å². The largest absolute Gasteiger partial charge is 0.478 e. The summed E-state index contributed by atoms with van der Waals surface area (Å²) < 4.78 is 13.4. The predicted molar refractivity (Wildman–Crippen MR) is 54.6 cm³/mol. The van der Waals surface area contributed by atoms with Gasteiger partial charge < -0.3 is 10.4 Å². The molecule has 2 N–H and O–H groups in total. The summed E-state index contributed by atoms with van der Waals surface area (Å²) >= 11 is 0. The van der Waals surface area contributed by atoms with Crippen LogP contribution < -0.4 is 5.32 Å². The second kappa shape index (κ2) is 3.88.